The summed E-state index contributed by atoms with van der Waals surface area (Å²) < 4.78 is 25.4. The predicted molar refractivity (Wildman–Crippen MR) is 127 cm³/mol. The Morgan fingerprint density at radius 1 is 1.00 bits per heavy atom. The fourth-order valence-corrected chi connectivity index (χ4v) is 4.68. The number of aromatic nitrogens is 2. The summed E-state index contributed by atoms with van der Waals surface area (Å²) in [5, 5.41) is 9.12. The maximum absolute atomic E-state index is 14.0. The highest BCUT2D eigenvalue weighted by Crippen LogP contribution is 2.34. The number of aryl methyl sites for hydroxylation is 1. The Hall–Kier alpha value is -2.61. The summed E-state index contributed by atoms with van der Waals surface area (Å²) in [6.07, 6.45) is 1.73. The molecule has 2 aromatic carbocycles. The minimum atomic E-state index is -0.481. The van der Waals surface area contributed by atoms with Crippen molar-refractivity contribution in [2.24, 2.45) is 0 Å². The number of morpholine rings is 1. The minimum Gasteiger partial charge on any atom is -0.437 e. The van der Waals surface area contributed by atoms with Crippen LogP contribution in [0.3, 0.4) is 0 Å². The van der Waals surface area contributed by atoms with Crippen molar-refractivity contribution in [3.63, 3.8) is 0 Å². The second-order valence-electron chi connectivity index (χ2n) is 8.06. The molecule has 3 heterocycles. The Morgan fingerprint density at radius 3 is 2.58 bits per heavy atom. The van der Waals surface area contributed by atoms with E-state index < -0.39 is 5.82 Å². The molecule has 0 bridgehead atoms. The maximum atomic E-state index is 14.0. The van der Waals surface area contributed by atoms with Crippen LogP contribution < -0.4 is 14.5 Å². The van der Waals surface area contributed by atoms with Crippen LogP contribution in [0.5, 0.6) is 11.6 Å². The fourth-order valence-electron chi connectivity index (χ4n) is 4.19. The second-order valence-corrected chi connectivity index (χ2v) is 8.84. The molecule has 2 aliphatic heterocycles. The number of anilines is 2. The summed E-state index contributed by atoms with van der Waals surface area (Å²) in [6, 6.07) is 12.6. The van der Waals surface area contributed by atoms with Crippen molar-refractivity contribution in [3.8, 4) is 11.6 Å². The van der Waals surface area contributed by atoms with Gasteiger partial charge in [-0.15, -0.1) is 10.2 Å². The average Bonchev–Trinajstić information content (AvgIpc) is 2.85. The summed E-state index contributed by atoms with van der Waals surface area (Å²) in [7, 11) is 0. The monoisotopic (exact) mass is 488 g/mol. The molecular formula is C24H23Cl2FN4O2. The third-order valence-corrected chi connectivity index (χ3v) is 6.69. The molecule has 0 atom stereocenters. The third-order valence-electron chi connectivity index (χ3n) is 5.93. The first-order chi connectivity index (χ1) is 16.1. The molecule has 0 amide bonds. The van der Waals surface area contributed by atoms with Crippen LogP contribution in [0, 0.1) is 5.82 Å². The zero-order valence-electron chi connectivity index (χ0n) is 17.9. The smallest absolute Gasteiger partial charge is 0.240 e. The van der Waals surface area contributed by atoms with Crippen LogP contribution in [-0.2, 0) is 17.7 Å². The Kier molecular flexibility index (Phi) is 6.53. The van der Waals surface area contributed by atoms with E-state index in [1.54, 1.807) is 0 Å². The lowest BCUT2D eigenvalue weighted by Crippen LogP contribution is -2.36. The van der Waals surface area contributed by atoms with Crippen LogP contribution in [0.25, 0.3) is 0 Å². The van der Waals surface area contributed by atoms with Gasteiger partial charge in [-0.3, -0.25) is 0 Å². The Balaban J connectivity index is 1.35. The highest BCUT2D eigenvalue weighted by atomic mass is 35.5. The molecule has 0 radical (unpaired) electrons. The summed E-state index contributed by atoms with van der Waals surface area (Å²) in [6.45, 7) is 4.39. The van der Waals surface area contributed by atoms with Gasteiger partial charge in [-0.25, -0.2) is 4.39 Å². The van der Waals surface area contributed by atoms with Gasteiger partial charge in [-0.05, 0) is 49.2 Å². The van der Waals surface area contributed by atoms with E-state index in [0.29, 0.717) is 28.8 Å². The lowest BCUT2D eigenvalue weighted by Gasteiger charge is -2.31. The van der Waals surface area contributed by atoms with E-state index in [0.717, 1.165) is 62.8 Å². The van der Waals surface area contributed by atoms with Crippen LogP contribution in [0.15, 0.2) is 42.5 Å². The molecule has 172 valence electrons. The number of rotatable bonds is 5. The lowest BCUT2D eigenvalue weighted by molar-refractivity contribution is 0.122. The lowest BCUT2D eigenvalue weighted by atomic mass is 10.1. The van der Waals surface area contributed by atoms with Gasteiger partial charge in [0.15, 0.2) is 0 Å². The minimum absolute atomic E-state index is 0.0495. The molecular weight excluding hydrogens is 466 g/mol. The first kappa shape index (κ1) is 22.2. The number of benzene rings is 2. The average molecular weight is 489 g/mol. The largest absolute Gasteiger partial charge is 0.437 e. The van der Waals surface area contributed by atoms with E-state index in [2.05, 4.69) is 20.0 Å². The fraction of sp³-hybridized carbons (Fsp3) is 0.333. The summed E-state index contributed by atoms with van der Waals surface area (Å²) in [5.74, 6) is 0.599. The summed E-state index contributed by atoms with van der Waals surface area (Å²) in [4.78, 5) is 4.38. The third kappa shape index (κ3) is 4.86. The van der Waals surface area contributed by atoms with Gasteiger partial charge < -0.3 is 19.3 Å². The quantitative estimate of drug-likeness (QED) is 0.441. The van der Waals surface area contributed by atoms with Gasteiger partial charge in [0, 0.05) is 48.5 Å². The molecule has 1 fully saturated rings. The molecule has 9 heteroatoms. The number of halogens is 3. The number of hydrogen-bond acceptors (Lipinski definition) is 6. The number of fused-ring (bicyclic) bond motifs is 1. The van der Waals surface area contributed by atoms with Gasteiger partial charge in [0.05, 0.1) is 29.6 Å². The van der Waals surface area contributed by atoms with Gasteiger partial charge in [0.1, 0.15) is 11.6 Å². The first-order valence-corrected chi connectivity index (χ1v) is 11.7. The van der Waals surface area contributed by atoms with E-state index in [4.69, 9.17) is 32.7 Å². The second kappa shape index (κ2) is 9.71. The van der Waals surface area contributed by atoms with Crippen molar-refractivity contribution in [2.75, 3.05) is 42.6 Å². The van der Waals surface area contributed by atoms with Crippen molar-refractivity contribution in [3.05, 3.63) is 69.6 Å². The molecule has 2 aliphatic rings. The van der Waals surface area contributed by atoms with Gasteiger partial charge in [-0.2, -0.15) is 0 Å². The predicted octanol–water partition coefficient (Wildman–Crippen LogP) is 5.50. The van der Waals surface area contributed by atoms with Crippen molar-refractivity contribution >= 4 is 34.6 Å². The van der Waals surface area contributed by atoms with Crippen LogP contribution >= 0.6 is 23.2 Å². The highest BCUT2D eigenvalue weighted by Gasteiger charge is 2.23. The van der Waals surface area contributed by atoms with Crippen molar-refractivity contribution < 1.29 is 13.9 Å². The van der Waals surface area contributed by atoms with Crippen molar-refractivity contribution in [1.29, 1.82) is 0 Å². The number of nitrogens with zero attached hydrogens (tertiary/aromatic N) is 4. The van der Waals surface area contributed by atoms with Gasteiger partial charge >= 0.3 is 0 Å². The number of hydrogen-bond donors (Lipinski definition) is 0. The normalized spacial score (nSPS) is 16.0. The summed E-state index contributed by atoms with van der Waals surface area (Å²) in [5.41, 5.74) is 3.47. The van der Waals surface area contributed by atoms with Gasteiger partial charge in [0.25, 0.3) is 0 Å². The Labute approximate surface area is 201 Å². The van der Waals surface area contributed by atoms with Crippen LogP contribution in [0.2, 0.25) is 10.0 Å². The first-order valence-electron chi connectivity index (χ1n) is 10.9. The van der Waals surface area contributed by atoms with E-state index in [-0.39, 0.29) is 5.02 Å². The van der Waals surface area contributed by atoms with Crippen LogP contribution in [0.4, 0.5) is 15.8 Å². The zero-order valence-corrected chi connectivity index (χ0v) is 19.4. The molecule has 6 nitrogen and oxygen atoms in total. The topological polar surface area (TPSA) is 50.7 Å². The van der Waals surface area contributed by atoms with Crippen LogP contribution in [0.1, 0.15) is 17.7 Å². The highest BCUT2D eigenvalue weighted by molar-refractivity contribution is 6.36. The molecule has 0 aliphatic carbocycles. The van der Waals surface area contributed by atoms with E-state index in [1.165, 1.54) is 12.1 Å². The standard InChI is InChI=1S/C24H23Cl2FN4O2/c25-19-7-8-20(27)24(26)18(19)15-31-9-1-2-21-22(31)14-23(29-28-21)33-17-5-3-16(4-6-17)30-10-12-32-13-11-30/h3-8,14H,1-2,9-13,15H2. The van der Waals surface area contributed by atoms with E-state index in [9.17, 15) is 4.39 Å². The zero-order chi connectivity index (χ0) is 22.8. The number of ether oxygens (including phenoxy) is 2. The van der Waals surface area contributed by atoms with E-state index >= 15 is 0 Å². The van der Waals surface area contributed by atoms with Crippen LogP contribution in [-0.4, -0.2) is 43.0 Å². The maximum Gasteiger partial charge on any atom is 0.240 e. The van der Waals surface area contributed by atoms with Crippen molar-refractivity contribution in [2.45, 2.75) is 19.4 Å². The van der Waals surface area contributed by atoms with E-state index in [1.807, 2.05) is 30.3 Å². The Morgan fingerprint density at radius 2 is 1.79 bits per heavy atom. The van der Waals surface area contributed by atoms with Gasteiger partial charge in [-0.1, -0.05) is 23.2 Å². The molecule has 0 N–H and O–H groups in total. The molecule has 3 aromatic rings. The molecule has 0 spiro atoms. The Bertz CT molecular complexity index is 1140. The molecule has 1 aromatic heterocycles. The summed E-state index contributed by atoms with van der Waals surface area (Å²) >= 11 is 12.5. The van der Waals surface area contributed by atoms with Crippen molar-refractivity contribution in [1.82, 2.24) is 10.2 Å². The van der Waals surface area contributed by atoms with Gasteiger partial charge in [0.2, 0.25) is 5.88 Å². The molecule has 33 heavy (non-hydrogen) atoms. The molecule has 0 saturated carbocycles. The molecule has 1 saturated heterocycles. The molecule has 5 rings (SSSR count). The molecule has 0 unspecified atom stereocenters. The SMILES string of the molecule is Fc1ccc(Cl)c(CN2CCCc3nnc(Oc4ccc(N5CCOCC5)cc4)cc32)c1Cl.